The molecule has 0 aliphatic heterocycles. The van der Waals surface area contributed by atoms with Crippen molar-refractivity contribution in [2.24, 2.45) is 0 Å². The normalized spacial score (nSPS) is 11.9. The fourth-order valence-electron chi connectivity index (χ4n) is 1.54. The molecule has 1 aromatic rings. The van der Waals surface area contributed by atoms with Crippen molar-refractivity contribution >= 4 is 0 Å². The van der Waals surface area contributed by atoms with Gasteiger partial charge in [0.25, 0.3) is 0 Å². The highest BCUT2D eigenvalue weighted by Gasteiger charge is 2.17. The Hall–Kier alpha value is -1.53. The van der Waals surface area contributed by atoms with Gasteiger partial charge in [-0.1, -0.05) is 0 Å². The van der Waals surface area contributed by atoms with Crippen LogP contribution >= 0.6 is 0 Å². The molecule has 0 spiro atoms. The second-order valence-corrected chi connectivity index (χ2v) is 3.76. The standard InChI is InChI=1S/C13H17NO2/c1-5-16-13-7-10(3)9(2)6-11(13)12(15)8-14-4/h6-7,12,15H,5,8H2,1-3H3. The van der Waals surface area contributed by atoms with Gasteiger partial charge in [-0.3, -0.25) is 0 Å². The van der Waals surface area contributed by atoms with Crippen molar-refractivity contribution in [1.82, 2.24) is 0 Å². The zero-order valence-electron chi connectivity index (χ0n) is 9.95. The molecule has 0 saturated carbocycles. The average Bonchev–Trinajstić information content (AvgIpc) is 2.23. The highest BCUT2D eigenvalue weighted by Crippen LogP contribution is 2.29. The van der Waals surface area contributed by atoms with E-state index in [4.69, 9.17) is 11.3 Å². The monoisotopic (exact) mass is 219 g/mol. The van der Waals surface area contributed by atoms with Gasteiger partial charge in [-0.05, 0) is 44.0 Å². The topological polar surface area (TPSA) is 33.8 Å². The van der Waals surface area contributed by atoms with Gasteiger partial charge in [0.1, 0.15) is 5.75 Å². The number of nitrogens with zero attached hydrogens (tertiary/aromatic N) is 1. The molecule has 0 amide bonds. The number of ether oxygens (including phenoxy) is 1. The van der Waals surface area contributed by atoms with Crippen LogP contribution in [0.25, 0.3) is 4.85 Å². The van der Waals surface area contributed by atoms with Crippen molar-refractivity contribution in [3.05, 3.63) is 40.2 Å². The second kappa shape index (κ2) is 5.53. The zero-order chi connectivity index (χ0) is 12.1. The summed E-state index contributed by atoms with van der Waals surface area (Å²) in [5, 5.41) is 9.85. The van der Waals surface area contributed by atoms with Crippen LogP contribution < -0.4 is 4.74 Å². The van der Waals surface area contributed by atoms with E-state index in [-0.39, 0.29) is 6.54 Å². The fraction of sp³-hybridized carbons (Fsp3) is 0.462. The van der Waals surface area contributed by atoms with Crippen molar-refractivity contribution in [2.45, 2.75) is 26.9 Å². The molecule has 0 radical (unpaired) electrons. The molecular formula is C13H17NO2. The number of hydrogen-bond acceptors (Lipinski definition) is 2. The minimum Gasteiger partial charge on any atom is -0.493 e. The first kappa shape index (κ1) is 12.5. The lowest BCUT2D eigenvalue weighted by molar-refractivity contribution is 0.188. The Bertz CT molecular complexity index is 407. The van der Waals surface area contributed by atoms with Crippen molar-refractivity contribution in [2.75, 3.05) is 13.2 Å². The molecule has 0 heterocycles. The molecule has 0 aromatic heterocycles. The van der Waals surface area contributed by atoms with Crippen LogP contribution in [0.15, 0.2) is 12.1 Å². The Balaban J connectivity index is 3.14. The number of aliphatic hydroxyl groups excluding tert-OH is 1. The molecule has 0 saturated heterocycles. The van der Waals surface area contributed by atoms with E-state index in [1.807, 2.05) is 32.9 Å². The number of aryl methyl sites for hydroxylation is 2. The molecule has 1 aromatic carbocycles. The molecule has 0 aliphatic rings. The minimum atomic E-state index is -0.765. The van der Waals surface area contributed by atoms with E-state index in [1.54, 1.807) is 0 Å². The third-order valence-electron chi connectivity index (χ3n) is 2.55. The predicted octanol–water partition coefficient (Wildman–Crippen LogP) is 2.65. The van der Waals surface area contributed by atoms with Crippen LogP contribution in [0.4, 0.5) is 0 Å². The molecule has 0 bridgehead atoms. The van der Waals surface area contributed by atoms with Crippen molar-refractivity contribution < 1.29 is 9.84 Å². The Morgan fingerprint density at radius 1 is 1.38 bits per heavy atom. The first-order valence-corrected chi connectivity index (χ1v) is 5.35. The lowest BCUT2D eigenvalue weighted by Gasteiger charge is -2.14. The summed E-state index contributed by atoms with van der Waals surface area (Å²) in [4.78, 5) is 3.21. The fourth-order valence-corrected chi connectivity index (χ4v) is 1.54. The average molecular weight is 219 g/mol. The van der Waals surface area contributed by atoms with Gasteiger partial charge in [0.2, 0.25) is 6.54 Å². The molecule has 0 aliphatic carbocycles. The van der Waals surface area contributed by atoms with Crippen LogP contribution in [0.5, 0.6) is 5.75 Å². The van der Waals surface area contributed by atoms with Gasteiger partial charge < -0.3 is 14.7 Å². The van der Waals surface area contributed by atoms with Gasteiger partial charge >= 0.3 is 0 Å². The van der Waals surface area contributed by atoms with Crippen molar-refractivity contribution in [3.63, 3.8) is 0 Å². The number of benzene rings is 1. The summed E-state index contributed by atoms with van der Waals surface area (Å²) in [7, 11) is 0. The number of aliphatic hydroxyl groups is 1. The molecule has 1 atom stereocenters. The lowest BCUT2D eigenvalue weighted by Crippen LogP contribution is -2.06. The van der Waals surface area contributed by atoms with Crippen LogP contribution in [-0.4, -0.2) is 18.3 Å². The molecule has 3 nitrogen and oxygen atoms in total. The maximum atomic E-state index is 9.85. The number of hydrogen-bond donors (Lipinski definition) is 1. The molecule has 3 heteroatoms. The smallest absolute Gasteiger partial charge is 0.244 e. The molecule has 86 valence electrons. The minimum absolute atomic E-state index is 0.0720. The van der Waals surface area contributed by atoms with Gasteiger partial charge in [-0.15, -0.1) is 0 Å². The van der Waals surface area contributed by atoms with Gasteiger partial charge in [0.15, 0.2) is 6.10 Å². The van der Waals surface area contributed by atoms with Crippen LogP contribution in [0.2, 0.25) is 0 Å². The van der Waals surface area contributed by atoms with E-state index in [0.717, 1.165) is 11.1 Å². The van der Waals surface area contributed by atoms with Crippen LogP contribution in [-0.2, 0) is 0 Å². The summed E-state index contributed by atoms with van der Waals surface area (Å²) in [6, 6.07) is 3.82. The van der Waals surface area contributed by atoms with Gasteiger partial charge in [-0.25, -0.2) is 6.57 Å². The summed E-state index contributed by atoms with van der Waals surface area (Å²) in [5.74, 6) is 0.682. The predicted molar refractivity (Wildman–Crippen MR) is 63.5 cm³/mol. The van der Waals surface area contributed by atoms with E-state index < -0.39 is 6.10 Å². The first-order valence-electron chi connectivity index (χ1n) is 5.35. The summed E-state index contributed by atoms with van der Waals surface area (Å²) < 4.78 is 5.48. The third-order valence-corrected chi connectivity index (χ3v) is 2.55. The highest BCUT2D eigenvalue weighted by atomic mass is 16.5. The lowest BCUT2D eigenvalue weighted by atomic mass is 10.0. The van der Waals surface area contributed by atoms with E-state index in [0.29, 0.717) is 17.9 Å². The summed E-state index contributed by atoms with van der Waals surface area (Å²) in [6.07, 6.45) is -0.765. The molecule has 1 rings (SSSR count). The highest BCUT2D eigenvalue weighted by molar-refractivity contribution is 5.43. The maximum Gasteiger partial charge on any atom is 0.244 e. The SMILES string of the molecule is [C-]#[N+]CC(O)c1cc(C)c(C)cc1OCC. The maximum absolute atomic E-state index is 9.85. The van der Waals surface area contributed by atoms with Gasteiger partial charge in [-0.2, -0.15) is 0 Å². The summed E-state index contributed by atoms with van der Waals surface area (Å²) in [6.45, 7) is 13.3. The largest absolute Gasteiger partial charge is 0.493 e. The molecular weight excluding hydrogens is 202 g/mol. The van der Waals surface area contributed by atoms with Crippen LogP contribution in [0, 0.1) is 20.4 Å². The van der Waals surface area contributed by atoms with Crippen LogP contribution in [0.3, 0.4) is 0 Å². The Morgan fingerprint density at radius 3 is 2.56 bits per heavy atom. The molecule has 1 unspecified atom stereocenters. The molecule has 1 N–H and O–H groups in total. The summed E-state index contributed by atoms with van der Waals surface area (Å²) in [5.41, 5.74) is 2.94. The van der Waals surface area contributed by atoms with E-state index >= 15 is 0 Å². The second-order valence-electron chi connectivity index (χ2n) is 3.76. The molecule has 0 fully saturated rings. The van der Waals surface area contributed by atoms with E-state index in [2.05, 4.69) is 4.85 Å². The van der Waals surface area contributed by atoms with Gasteiger partial charge in [0, 0.05) is 5.56 Å². The van der Waals surface area contributed by atoms with E-state index in [1.165, 1.54) is 0 Å². The molecule has 16 heavy (non-hydrogen) atoms. The Kier molecular flexibility index (Phi) is 4.33. The van der Waals surface area contributed by atoms with Crippen LogP contribution in [0.1, 0.15) is 29.7 Å². The number of rotatable bonds is 4. The van der Waals surface area contributed by atoms with Crippen molar-refractivity contribution in [3.8, 4) is 5.75 Å². The quantitative estimate of drug-likeness (QED) is 0.790. The van der Waals surface area contributed by atoms with Crippen molar-refractivity contribution in [1.29, 1.82) is 0 Å². The first-order chi connectivity index (χ1) is 7.60. The Labute approximate surface area is 96.5 Å². The van der Waals surface area contributed by atoms with Gasteiger partial charge in [0.05, 0.1) is 6.61 Å². The Morgan fingerprint density at radius 2 is 2.00 bits per heavy atom. The third kappa shape index (κ3) is 2.74. The zero-order valence-corrected chi connectivity index (χ0v) is 9.95. The summed E-state index contributed by atoms with van der Waals surface area (Å²) >= 11 is 0. The van der Waals surface area contributed by atoms with E-state index in [9.17, 15) is 5.11 Å².